The first-order valence-electron chi connectivity index (χ1n) is 8.84. The molecule has 2 fully saturated rings. The minimum Gasteiger partial charge on any atom is -0.483 e. The van der Waals surface area contributed by atoms with Crippen molar-refractivity contribution in [1.82, 2.24) is 9.47 Å². The van der Waals surface area contributed by atoms with Gasteiger partial charge in [0.1, 0.15) is 6.10 Å². The molecule has 0 amide bonds. The van der Waals surface area contributed by atoms with Crippen molar-refractivity contribution >= 4 is 23.3 Å². The molecule has 3 aliphatic rings. The van der Waals surface area contributed by atoms with Crippen LogP contribution in [0.3, 0.4) is 0 Å². The number of nitrogens with zero attached hydrogens (tertiary/aromatic N) is 2. The Kier molecular flexibility index (Phi) is 4.21. The number of aryl methyl sites for hydroxylation is 1. The fourth-order valence-electron chi connectivity index (χ4n) is 4.57. The number of ether oxygens (including phenoxy) is 1. The van der Waals surface area contributed by atoms with E-state index in [2.05, 4.69) is 21.6 Å². The molecule has 5 rings (SSSR count). The van der Waals surface area contributed by atoms with Gasteiger partial charge in [-0.05, 0) is 31.9 Å². The molecule has 0 aliphatic carbocycles. The summed E-state index contributed by atoms with van der Waals surface area (Å²) in [6, 6.07) is 8.23. The van der Waals surface area contributed by atoms with Gasteiger partial charge < -0.3 is 14.4 Å². The lowest BCUT2D eigenvalue weighted by molar-refractivity contribution is -0.122. The van der Waals surface area contributed by atoms with Gasteiger partial charge in [0.25, 0.3) is 6.47 Å². The van der Waals surface area contributed by atoms with Crippen molar-refractivity contribution in [2.45, 2.75) is 31.9 Å². The Bertz CT molecular complexity index is 813. The van der Waals surface area contributed by atoms with E-state index in [0.717, 1.165) is 43.4 Å². The van der Waals surface area contributed by atoms with Crippen molar-refractivity contribution < 1.29 is 19.4 Å². The molecule has 25 heavy (non-hydrogen) atoms. The molecule has 1 N–H and O–H groups in total. The number of carboxylic acid groups (broad SMARTS) is 1. The predicted molar refractivity (Wildman–Crippen MR) is 92.7 cm³/mol. The van der Waals surface area contributed by atoms with Crippen LogP contribution < -0.4 is 0 Å². The van der Waals surface area contributed by atoms with Crippen molar-refractivity contribution in [3.63, 3.8) is 0 Å². The quantitative estimate of drug-likeness (QED) is 0.669. The van der Waals surface area contributed by atoms with E-state index in [4.69, 9.17) is 14.6 Å². The molecule has 3 aliphatic heterocycles. The zero-order valence-electron chi connectivity index (χ0n) is 14.1. The molecular formula is C19H22N2O4. The first-order valence-corrected chi connectivity index (χ1v) is 8.84. The summed E-state index contributed by atoms with van der Waals surface area (Å²) in [5.41, 5.74) is 3.18. The molecule has 132 valence electrons. The Morgan fingerprint density at radius 2 is 2.04 bits per heavy atom. The maximum atomic E-state index is 12.9. The molecule has 1 aromatic heterocycles. The number of fused-ring (bicyclic) bond motifs is 5. The maximum absolute atomic E-state index is 12.9. The van der Waals surface area contributed by atoms with Crippen molar-refractivity contribution in [2.75, 3.05) is 19.6 Å². The Morgan fingerprint density at radius 1 is 1.24 bits per heavy atom. The van der Waals surface area contributed by atoms with Crippen LogP contribution >= 0.6 is 0 Å². The Hall–Kier alpha value is -2.34. The molecular weight excluding hydrogens is 320 g/mol. The summed E-state index contributed by atoms with van der Waals surface area (Å²) >= 11 is 0. The van der Waals surface area contributed by atoms with Gasteiger partial charge in [0.2, 0.25) is 0 Å². The summed E-state index contributed by atoms with van der Waals surface area (Å²) in [7, 11) is 0. The number of para-hydroxylation sites is 1. The number of carbonyl (C=O) groups is 2. The van der Waals surface area contributed by atoms with E-state index >= 15 is 0 Å². The van der Waals surface area contributed by atoms with E-state index in [-0.39, 0.29) is 18.5 Å². The number of hydrogen-bond donors (Lipinski definition) is 1. The SMILES string of the molecule is O=C(OC1CN2CCC1C2)c1c2n(c3ccccc13)CCC2.O=CO. The molecule has 2 saturated heterocycles. The lowest BCUT2D eigenvalue weighted by Gasteiger charge is -2.22. The summed E-state index contributed by atoms with van der Waals surface area (Å²) in [6.45, 7) is 3.96. The lowest BCUT2D eigenvalue weighted by Crippen LogP contribution is -2.32. The molecule has 0 saturated carbocycles. The van der Waals surface area contributed by atoms with Crippen LogP contribution in [0, 0.1) is 5.92 Å². The summed E-state index contributed by atoms with van der Waals surface area (Å²) in [4.78, 5) is 23.6. The van der Waals surface area contributed by atoms with Crippen LogP contribution in [0.5, 0.6) is 0 Å². The normalized spacial score (nSPS) is 26.2. The Labute approximate surface area is 146 Å². The zero-order valence-corrected chi connectivity index (χ0v) is 14.1. The molecule has 3 atom stereocenters. The van der Waals surface area contributed by atoms with Crippen molar-refractivity contribution in [3.05, 3.63) is 35.5 Å². The third-order valence-electron chi connectivity index (χ3n) is 5.61. The highest BCUT2D eigenvalue weighted by atomic mass is 16.5. The van der Waals surface area contributed by atoms with Crippen LogP contribution in [0.15, 0.2) is 24.3 Å². The first-order chi connectivity index (χ1) is 12.2. The molecule has 3 unspecified atom stereocenters. The van der Waals surface area contributed by atoms with Crippen LogP contribution in [0.1, 0.15) is 28.9 Å². The predicted octanol–water partition coefficient (Wildman–Crippen LogP) is 2.15. The van der Waals surface area contributed by atoms with Gasteiger partial charge in [-0.1, -0.05) is 18.2 Å². The number of benzene rings is 1. The first kappa shape index (κ1) is 16.1. The Morgan fingerprint density at radius 3 is 2.76 bits per heavy atom. The van der Waals surface area contributed by atoms with Gasteiger partial charge in [0.15, 0.2) is 0 Å². The minimum atomic E-state index is -0.250. The van der Waals surface area contributed by atoms with Gasteiger partial charge in [-0.15, -0.1) is 0 Å². The van der Waals surface area contributed by atoms with E-state index in [0.29, 0.717) is 5.92 Å². The molecule has 6 nitrogen and oxygen atoms in total. The van der Waals surface area contributed by atoms with E-state index in [1.807, 2.05) is 12.1 Å². The summed E-state index contributed by atoms with van der Waals surface area (Å²) < 4.78 is 8.23. The van der Waals surface area contributed by atoms with Crippen LogP contribution in [0.4, 0.5) is 0 Å². The number of aromatic nitrogens is 1. The van der Waals surface area contributed by atoms with Gasteiger partial charge in [0, 0.05) is 42.1 Å². The van der Waals surface area contributed by atoms with Gasteiger partial charge in [-0.3, -0.25) is 9.69 Å². The molecule has 6 heteroatoms. The average molecular weight is 342 g/mol. The lowest BCUT2D eigenvalue weighted by atomic mass is 10.0. The van der Waals surface area contributed by atoms with Gasteiger partial charge >= 0.3 is 5.97 Å². The van der Waals surface area contributed by atoms with E-state index in [1.54, 1.807) is 0 Å². The molecule has 0 spiro atoms. The number of esters is 1. The number of hydrogen-bond acceptors (Lipinski definition) is 4. The van der Waals surface area contributed by atoms with Gasteiger partial charge in [-0.2, -0.15) is 0 Å². The topological polar surface area (TPSA) is 71.8 Å². The third kappa shape index (κ3) is 2.70. The summed E-state index contributed by atoms with van der Waals surface area (Å²) in [5, 5.41) is 7.95. The second kappa shape index (κ2) is 6.52. The molecule has 2 bridgehead atoms. The van der Waals surface area contributed by atoms with E-state index in [9.17, 15) is 4.79 Å². The van der Waals surface area contributed by atoms with Crippen LogP contribution in [-0.4, -0.2) is 52.8 Å². The number of piperidine rings is 1. The highest BCUT2D eigenvalue weighted by molar-refractivity contribution is 6.06. The van der Waals surface area contributed by atoms with Gasteiger partial charge in [-0.25, -0.2) is 4.79 Å². The fourth-order valence-corrected chi connectivity index (χ4v) is 4.57. The second-order valence-electron chi connectivity index (χ2n) is 6.95. The monoisotopic (exact) mass is 342 g/mol. The fraction of sp³-hybridized carbons (Fsp3) is 0.474. The van der Waals surface area contributed by atoms with Crippen molar-refractivity contribution in [3.8, 4) is 0 Å². The van der Waals surface area contributed by atoms with Crippen molar-refractivity contribution in [2.24, 2.45) is 5.92 Å². The molecule has 0 radical (unpaired) electrons. The van der Waals surface area contributed by atoms with E-state index < -0.39 is 0 Å². The second-order valence-corrected chi connectivity index (χ2v) is 6.95. The number of rotatable bonds is 2. The van der Waals surface area contributed by atoms with Crippen LogP contribution in [0.2, 0.25) is 0 Å². The minimum absolute atomic E-state index is 0.0944. The van der Waals surface area contributed by atoms with E-state index in [1.165, 1.54) is 24.2 Å². The molecule has 2 aromatic rings. The average Bonchev–Trinajstić information content (AvgIpc) is 3.36. The molecule has 4 heterocycles. The molecule has 1 aromatic carbocycles. The summed E-state index contributed by atoms with van der Waals surface area (Å²) in [5.74, 6) is 0.441. The zero-order chi connectivity index (χ0) is 17.4. The highest BCUT2D eigenvalue weighted by Gasteiger charge is 2.41. The smallest absolute Gasteiger partial charge is 0.340 e. The number of carbonyl (C=O) groups excluding carboxylic acids is 1. The Balaban J connectivity index is 0.000000490. The highest BCUT2D eigenvalue weighted by Crippen LogP contribution is 2.34. The standard InChI is InChI=1S/C18H20N2O2.CH2O2/c21-18(22-16-11-19-9-7-12(16)10-19)17-13-4-1-2-5-14(13)20-8-3-6-15(17)20;2-1-3/h1-2,4-5,12,16H,3,6-11H2;1H,(H,2,3). The van der Waals surface area contributed by atoms with Gasteiger partial charge in [0.05, 0.1) is 5.56 Å². The van der Waals surface area contributed by atoms with Crippen LogP contribution in [-0.2, 0) is 22.5 Å². The maximum Gasteiger partial charge on any atom is 0.340 e. The van der Waals surface area contributed by atoms with Crippen LogP contribution in [0.25, 0.3) is 10.9 Å². The van der Waals surface area contributed by atoms with Crippen molar-refractivity contribution in [1.29, 1.82) is 0 Å². The summed E-state index contributed by atoms with van der Waals surface area (Å²) in [6.07, 6.45) is 3.38. The third-order valence-corrected chi connectivity index (χ3v) is 5.61. The largest absolute Gasteiger partial charge is 0.483 e.